The summed E-state index contributed by atoms with van der Waals surface area (Å²) in [6.45, 7) is 6.63. The van der Waals surface area contributed by atoms with Crippen molar-refractivity contribution in [2.45, 2.75) is 19.4 Å². The van der Waals surface area contributed by atoms with Crippen molar-refractivity contribution in [3.63, 3.8) is 0 Å². The number of likely N-dealkylation sites (N-methyl/N-ethyl adjacent to an activating group) is 1. The van der Waals surface area contributed by atoms with E-state index in [0.717, 1.165) is 32.6 Å². The molecule has 0 aliphatic carbocycles. The molecule has 0 amide bonds. The summed E-state index contributed by atoms with van der Waals surface area (Å²) >= 11 is 0. The second kappa shape index (κ2) is 5.32. The number of hydrogen-bond acceptors (Lipinski definition) is 3. The molecule has 1 aliphatic heterocycles. The van der Waals surface area contributed by atoms with Gasteiger partial charge in [0, 0.05) is 25.7 Å². The fraction of sp³-hybridized carbons (Fsp3) is 0.538. The Morgan fingerprint density at radius 3 is 2.81 bits per heavy atom. The lowest BCUT2D eigenvalue weighted by atomic mass is 10.0. The van der Waals surface area contributed by atoms with Gasteiger partial charge in [0.2, 0.25) is 0 Å². The third-order valence-corrected chi connectivity index (χ3v) is 3.29. The molecule has 0 bridgehead atoms. The van der Waals surface area contributed by atoms with Gasteiger partial charge in [0.25, 0.3) is 0 Å². The molecule has 1 fully saturated rings. The van der Waals surface area contributed by atoms with Crippen LogP contribution >= 0.6 is 0 Å². The van der Waals surface area contributed by atoms with E-state index in [2.05, 4.69) is 17.1 Å². The second-order valence-electron chi connectivity index (χ2n) is 4.36. The van der Waals surface area contributed by atoms with Gasteiger partial charge in [0.15, 0.2) is 0 Å². The SMILES string of the molecule is CCN1CCNC[C@@H]1Cc1ccc(O)cc1. The topological polar surface area (TPSA) is 35.5 Å². The van der Waals surface area contributed by atoms with E-state index in [0.29, 0.717) is 11.8 Å². The predicted molar refractivity (Wildman–Crippen MR) is 65.7 cm³/mol. The number of hydrogen-bond donors (Lipinski definition) is 2. The fourth-order valence-electron chi connectivity index (χ4n) is 2.32. The van der Waals surface area contributed by atoms with Crippen molar-refractivity contribution in [3.05, 3.63) is 29.8 Å². The molecule has 2 N–H and O–H groups in total. The molecule has 0 radical (unpaired) electrons. The Balaban J connectivity index is 1.99. The minimum absolute atomic E-state index is 0.345. The summed E-state index contributed by atoms with van der Waals surface area (Å²) in [6, 6.07) is 8.14. The second-order valence-corrected chi connectivity index (χ2v) is 4.36. The zero-order valence-electron chi connectivity index (χ0n) is 9.82. The first kappa shape index (κ1) is 11.4. The highest BCUT2D eigenvalue weighted by atomic mass is 16.3. The molecule has 1 heterocycles. The molecule has 3 nitrogen and oxygen atoms in total. The lowest BCUT2D eigenvalue weighted by Crippen LogP contribution is -2.51. The van der Waals surface area contributed by atoms with Crippen LogP contribution in [0.15, 0.2) is 24.3 Å². The zero-order chi connectivity index (χ0) is 11.4. The first-order chi connectivity index (χ1) is 7.79. The van der Waals surface area contributed by atoms with Crippen LogP contribution in [0.1, 0.15) is 12.5 Å². The summed E-state index contributed by atoms with van der Waals surface area (Å²) < 4.78 is 0. The van der Waals surface area contributed by atoms with E-state index in [1.807, 2.05) is 12.1 Å². The van der Waals surface area contributed by atoms with E-state index < -0.39 is 0 Å². The Bertz CT molecular complexity index is 323. The molecule has 3 heteroatoms. The number of nitrogens with one attached hydrogen (secondary N) is 1. The van der Waals surface area contributed by atoms with Gasteiger partial charge in [0.1, 0.15) is 5.75 Å². The highest BCUT2D eigenvalue weighted by Crippen LogP contribution is 2.14. The highest BCUT2D eigenvalue weighted by molar-refractivity contribution is 5.26. The number of rotatable bonds is 3. The summed E-state index contributed by atoms with van der Waals surface area (Å²) in [5.74, 6) is 0.345. The van der Waals surface area contributed by atoms with Crippen LogP contribution in [0.2, 0.25) is 0 Å². The third kappa shape index (κ3) is 2.74. The molecule has 1 aromatic carbocycles. The molecular formula is C13H20N2O. The smallest absolute Gasteiger partial charge is 0.115 e. The molecule has 0 saturated carbocycles. The van der Waals surface area contributed by atoms with Crippen LogP contribution < -0.4 is 5.32 Å². The van der Waals surface area contributed by atoms with Crippen molar-refractivity contribution in [1.82, 2.24) is 10.2 Å². The molecular weight excluding hydrogens is 200 g/mol. The van der Waals surface area contributed by atoms with Gasteiger partial charge in [-0.2, -0.15) is 0 Å². The average Bonchev–Trinajstić information content (AvgIpc) is 2.33. The Morgan fingerprint density at radius 2 is 2.12 bits per heavy atom. The van der Waals surface area contributed by atoms with Crippen LogP contribution in [0.3, 0.4) is 0 Å². The van der Waals surface area contributed by atoms with Gasteiger partial charge < -0.3 is 10.4 Å². The molecule has 16 heavy (non-hydrogen) atoms. The summed E-state index contributed by atoms with van der Waals surface area (Å²) in [5, 5.41) is 12.7. The summed E-state index contributed by atoms with van der Waals surface area (Å²) in [6.07, 6.45) is 1.06. The Kier molecular flexibility index (Phi) is 3.80. The van der Waals surface area contributed by atoms with Crippen LogP contribution in [0, 0.1) is 0 Å². The summed E-state index contributed by atoms with van der Waals surface area (Å²) in [7, 11) is 0. The van der Waals surface area contributed by atoms with E-state index in [-0.39, 0.29) is 0 Å². The van der Waals surface area contributed by atoms with Crippen molar-refractivity contribution in [2.75, 3.05) is 26.2 Å². The molecule has 2 rings (SSSR count). The van der Waals surface area contributed by atoms with Crippen LogP contribution in [0.5, 0.6) is 5.75 Å². The van der Waals surface area contributed by atoms with Gasteiger partial charge in [-0.15, -0.1) is 0 Å². The van der Waals surface area contributed by atoms with Gasteiger partial charge >= 0.3 is 0 Å². The standard InChI is InChI=1S/C13H20N2O/c1-2-15-8-7-14-10-12(15)9-11-3-5-13(16)6-4-11/h3-6,12,14,16H,2,7-10H2,1H3/t12-/m0/s1. The summed E-state index contributed by atoms with van der Waals surface area (Å²) in [5.41, 5.74) is 1.30. The molecule has 1 atom stereocenters. The molecule has 0 aromatic heterocycles. The van der Waals surface area contributed by atoms with E-state index in [1.54, 1.807) is 12.1 Å². The number of phenols is 1. The quantitative estimate of drug-likeness (QED) is 0.804. The molecule has 0 spiro atoms. The minimum Gasteiger partial charge on any atom is -0.508 e. The molecule has 1 aromatic rings. The van der Waals surface area contributed by atoms with E-state index in [1.165, 1.54) is 5.56 Å². The lowest BCUT2D eigenvalue weighted by Gasteiger charge is -2.35. The van der Waals surface area contributed by atoms with E-state index in [4.69, 9.17) is 0 Å². The van der Waals surface area contributed by atoms with Crippen molar-refractivity contribution in [1.29, 1.82) is 0 Å². The van der Waals surface area contributed by atoms with Crippen LogP contribution in [-0.2, 0) is 6.42 Å². The number of aromatic hydroxyl groups is 1. The average molecular weight is 220 g/mol. The molecule has 1 saturated heterocycles. The Morgan fingerprint density at radius 1 is 1.38 bits per heavy atom. The first-order valence-electron chi connectivity index (χ1n) is 6.02. The van der Waals surface area contributed by atoms with Crippen molar-refractivity contribution in [2.24, 2.45) is 0 Å². The molecule has 88 valence electrons. The Hall–Kier alpha value is -1.06. The number of nitrogens with zero attached hydrogens (tertiary/aromatic N) is 1. The van der Waals surface area contributed by atoms with Gasteiger partial charge in [-0.25, -0.2) is 0 Å². The van der Waals surface area contributed by atoms with Gasteiger partial charge in [0.05, 0.1) is 0 Å². The third-order valence-electron chi connectivity index (χ3n) is 3.29. The summed E-state index contributed by atoms with van der Waals surface area (Å²) in [4.78, 5) is 2.52. The fourth-order valence-corrected chi connectivity index (χ4v) is 2.32. The van der Waals surface area contributed by atoms with Crippen molar-refractivity contribution in [3.8, 4) is 5.75 Å². The molecule has 0 unspecified atom stereocenters. The zero-order valence-corrected chi connectivity index (χ0v) is 9.82. The maximum atomic E-state index is 9.24. The van der Waals surface area contributed by atoms with Crippen LogP contribution in [0.25, 0.3) is 0 Å². The van der Waals surface area contributed by atoms with E-state index in [9.17, 15) is 5.11 Å². The maximum Gasteiger partial charge on any atom is 0.115 e. The van der Waals surface area contributed by atoms with Crippen molar-refractivity contribution < 1.29 is 5.11 Å². The number of benzene rings is 1. The van der Waals surface area contributed by atoms with Crippen LogP contribution in [-0.4, -0.2) is 42.2 Å². The lowest BCUT2D eigenvalue weighted by molar-refractivity contribution is 0.169. The predicted octanol–water partition coefficient (Wildman–Crippen LogP) is 1.23. The minimum atomic E-state index is 0.345. The van der Waals surface area contributed by atoms with Crippen LogP contribution in [0.4, 0.5) is 0 Å². The van der Waals surface area contributed by atoms with Crippen molar-refractivity contribution >= 4 is 0 Å². The number of phenolic OH excluding ortho intramolecular Hbond substituents is 1. The highest BCUT2D eigenvalue weighted by Gasteiger charge is 2.20. The normalized spacial score (nSPS) is 22.2. The largest absolute Gasteiger partial charge is 0.508 e. The molecule has 1 aliphatic rings. The van der Waals surface area contributed by atoms with Gasteiger partial charge in [-0.05, 0) is 30.7 Å². The number of piperazine rings is 1. The van der Waals surface area contributed by atoms with Gasteiger partial charge in [-0.3, -0.25) is 4.90 Å². The maximum absolute atomic E-state index is 9.24. The first-order valence-corrected chi connectivity index (χ1v) is 6.02. The van der Waals surface area contributed by atoms with Gasteiger partial charge in [-0.1, -0.05) is 19.1 Å². The Labute approximate surface area is 97.1 Å². The monoisotopic (exact) mass is 220 g/mol. The van der Waals surface area contributed by atoms with E-state index >= 15 is 0 Å².